The van der Waals surface area contributed by atoms with Crippen molar-refractivity contribution in [3.63, 3.8) is 0 Å². The van der Waals surface area contributed by atoms with E-state index in [0.29, 0.717) is 6.42 Å². The third kappa shape index (κ3) is 4.12. The third-order valence-corrected chi connectivity index (χ3v) is 2.29. The number of hydrogen-bond acceptors (Lipinski definition) is 1. The van der Waals surface area contributed by atoms with Crippen LogP contribution in [-0.4, -0.2) is 10.8 Å². The van der Waals surface area contributed by atoms with E-state index in [2.05, 4.69) is 40.9 Å². The molecule has 0 radical (unpaired) electrons. The number of carbonyl (C=O) groups is 1. The number of amides is 1. The second-order valence-electron chi connectivity index (χ2n) is 3.15. The monoisotopic (exact) mass is 333 g/mol. The number of alkyl halides is 1. The second kappa shape index (κ2) is 8.56. The van der Waals surface area contributed by atoms with Crippen molar-refractivity contribution in [2.75, 3.05) is 10.2 Å². The highest BCUT2D eigenvalue weighted by Crippen LogP contribution is 2.24. The first kappa shape index (κ1) is 15.4. The minimum Gasteiger partial charge on any atom is -0.326 e. The summed E-state index contributed by atoms with van der Waals surface area (Å²) in [6.45, 7) is 6.08. The summed E-state index contributed by atoms with van der Waals surface area (Å²) in [6.07, 6.45) is 1.51. The van der Waals surface area contributed by atoms with E-state index in [4.69, 9.17) is 0 Å². The van der Waals surface area contributed by atoms with Gasteiger partial charge in [0.1, 0.15) is 0 Å². The Morgan fingerprint density at radius 2 is 1.81 bits per heavy atom. The van der Waals surface area contributed by atoms with Crippen molar-refractivity contribution in [3.8, 4) is 0 Å². The van der Waals surface area contributed by atoms with E-state index in [-0.39, 0.29) is 5.91 Å². The first-order valence-electron chi connectivity index (χ1n) is 5.53. The van der Waals surface area contributed by atoms with E-state index in [1.54, 1.807) is 0 Å². The summed E-state index contributed by atoms with van der Waals surface area (Å²) in [5.41, 5.74) is 3.55. The van der Waals surface area contributed by atoms with Crippen molar-refractivity contribution in [1.82, 2.24) is 0 Å². The highest BCUT2D eigenvalue weighted by Gasteiger charge is 2.14. The summed E-state index contributed by atoms with van der Waals surface area (Å²) in [5, 5.41) is 2.86. The molecule has 0 aliphatic carbocycles. The minimum absolute atomic E-state index is 0.133. The molecule has 0 bridgehead atoms. The van der Waals surface area contributed by atoms with Gasteiger partial charge in [0.2, 0.25) is 5.91 Å². The lowest BCUT2D eigenvalue weighted by atomic mass is 9.98. The zero-order valence-corrected chi connectivity index (χ0v) is 12.6. The number of halogens is 1. The van der Waals surface area contributed by atoms with Crippen LogP contribution >= 0.6 is 22.6 Å². The highest BCUT2D eigenvalue weighted by atomic mass is 127. The fourth-order valence-corrected chi connectivity index (χ4v) is 1.60. The van der Waals surface area contributed by atoms with Crippen LogP contribution in [0, 0.1) is 6.92 Å². The van der Waals surface area contributed by atoms with Crippen molar-refractivity contribution < 1.29 is 4.79 Å². The predicted octanol–water partition coefficient (Wildman–Crippen LogP) is 3.96. The maximum absolute atomic E-state index is 11.0. The van der Waals surface area contributed by atoms with Crippen molar-refractivity contribution in [3.05, 3.63) is 29.3 Å². The quantitative estimate of drug-likeness (QED) is 0.565. The molecule has 2 rings (SSSR count). The van der Waals surface area contributed by atoms with Crippen LogP contribution in [0.3, 0.4) is 0 Å². The molecule has 1 aromatic rings. The van der Waals surface area contributed by atoms with Gasteiger partial charge in [-0.15, -0.1) is 0 Å². The third-order valence-electron chi connectivity index (χ3n) is 2.29. The van der Waals surface area contributed by atoms with Gasteiger partial charge in [0, 0.05) is 12.1 Å². The normalized spacial score (nSPS) is 12.2. The molecule has 2 nitrogen and oxygen atoms in total. The Balaban J connectivity index is 0.000000509. The van der Waals surface area contributed by atoms with E-state index in [9.17, 15) is 4.79 Å². The SMILES string of the molecule is CC.CI.Cc1cccc2c1CCC(=O)N2. The lowest BCUT2D eigenvalue weighted by Crippen LogP contribution is -2.19. The maximum Gasteiger partial charge on any atom is 0.224 e. The van der Waals surface area contributed by atoms with E-state index in [1.165, 1.54) is 11.1 Å². The molecular formula is C13H20INO. The Morgan fingerprint density at radius 1 is 1.19 bits per heavy atom. The van der Waals surface area contributed by atoms with Crippen LogP contribution < -0.4 is 5.32 Å². The summed E-state index contributed by atoms with van der Waals surface area (Å²) < 4.78 is 0. The number of rotatable bonds is 0. The van der Waals surface area contributed by atoms with E-state index < -0.39 is 0 Å². The topological polar surface area (TPSA) is 29.1 Å². The van der Waals surface area contributed by atoms with Crippen LogP contribution in [0.1, 0.15) is 31.4 Å². The molecule has 0 fully saturated rings. The first-order valence-corrected chi connectivity index (χ1v) is 7.69. The average Bonchev–Trinajstić information content (AvgIpc) is 2.34. The molecule has 0 unspecified atom stereocenters. The fraction of sp³-hybridized carbons (Fsp3) is 0.462. The molecule has 0 spiro atoms. The zero-order chi connectivity index (χ0) is 12.6. The molecular weight excluding hydrogens is 313 g/mol. The summed E-state index contributed by atoms with van der Waals surface area (Å²) in [4.78, 5) is 13.0. The number of aryl methyl sites for hydroxylation is 1. The van der Waals surface area contributed by atoms with Gasteiger partial charge in [-0.2, -0.15) is 0 Å². The summed E-state index contributed by atoms with van der Waals surface area (Å²) in [5.74, 6) is 0.133. The van der Waals surface area contributed by atoms with Gasteiger partial charge >= 0.3 is 0 Å². The van der Waals surface area contributed by atoms with Crippen molar-refractivity contribution in [1.29, 1.82) is 0 Å². The molecule has 1 aromatic carbocycles. The van der Waals surface area contributed by atoms with Crippen LogP contribution in [0.2, 0.25) is 0 Å². The largest absolute Gasteiger partial charge is 0.326 e. The van der Waals surface area contributed by atoms with Crippen LogP contribution in [-0.2, 0) is 11.2 Å². The molecule has 0 saturated carbocycles. The molecule has 0 aromatic heterocycles. The molecule has 1 aliphatic heterocycles. The number of anilines is 1. The van der Waals surface area contributed by atoms with E-state index >= 15 is 0 Å². The van der Waals surface area contributed by atoms with Gasteiger partial charge in [-0.25, -0.2) is 0 Å². The molecule has 1 aliphatic rings. The Bertz CT molecular complexity index is 337. The predicted molar refractivity (Wildman–Crippen MR) is 79.4 cm³/mol. The van der Waals surface area contributed by atoms with E-state index in [0.717, 1.165) is 12.1 Å². The Morgan fingerprint density at radius 3 is 2.44 bits per heavy atom. The van der Waals surface area contributed by atoms with Gasteiger partial charge in [-0.3, -0.25) is 4.79 Å². The number of fused-ring (bicyclic) bond motifs is 1. The van der Waals surface area contributed by atoms with Gasteiger partial charge < -0.3 is 5.32 Å². The molecule has 90 valence electrons. The first-order chi connectivity index (χ1) is 7.77. The average molecular weight is 333 g/mol. The van der Waals surface area contributed by atoms with Gasteiger partial charge in [-0.05, 0) is 35.5 Å². The van der Waals surface area contributed by atoms with Crippen LogP contribution in [0.25, 0.3) is 0 Å². The summed E-state index contributed by atoms with van der Waals surface area (Å²) >= 11 is 2.15. The second-order valence-corrected chi connectivity index (χ2v) is 3.15. The summed E-state index contributed by atoms with van der Waals surface area (Å²) in [6, 6.07) is 6.01. The van der Waals surface area contributed by atoms with Crippen molar-refractivity contribution in [2.24, 2.45) is 0 Å². The molecule has 1 heterocycles. The standard InChI is InChI=1S/C10H11NO.C2H6.CH3I/c1-7-3-2-4-9-8(7)5-6-10(12)11-9;2*1-2/h2-4H,5-6H2,1H3,(H,11,12);1-2H3;1H3. The maximum atomic E-state index is 11.0. The lowest BCUT2D eigenvalue weighted by Gasteiger charge is -2.18. The molecule has 0 saturated heterocycles. The smallest absolute Gasteiger partial charge is 0.224 e. The van der Waals surface area contributed by atoms with Crippen LogP contribution in [0.5, 0.6) is 0 Å². The fourth-order valence-electron chi connectivity index (χ4n) is 1.60. The molecule has 1 amide bonds. The van der Waals surface area contributed by atoms with Gasteiger partial charge in [0.05, 0.1) is 0 Å². The van der Waals surface area contributed by atoms with Crippen LogP contribution in [0.15, 0.2) is 18.2 Å². The highest BCUT2D eigenvalue weighted by molar-refractivity contribution is 14.1. The molecule has 0 atom stereocenters. The lowest BCUT2D eigenvalue weighted by molar-refractivity contribution is -0.116. The van der Waals surface area contributed by atoms with E-state index in [1.807, 2.05) is 30.9 Å². The van der Waals surface area contributed by atoms with Crippen molar-refractivity contribution in [2.45, 2.75) is 33.6 Å². The molecule has 1 N–H and O–H groups in total. The van der Waals surface area contributed by atoms with Crippen molar-refractivity contribution >= 4 is 34.2 Å². The number of nitrogens with one attached hydrogen (secondary N) is 1. The molecule has 3 heteroatoms. The summed E-state index contributed by atoms with van der Waals surface area (Å²) in [7, 11) is 0. The Hall–Kier alpha value is -0.580. The van der Waals surface area contributed by atoms with Crippen LogP contribution in [0.4, 0.5) is 5.69 Å². The number of benzene rings is 1. The number of hydrogen-bond donors (Lipinski definition) is 1. The Labute approximate surface area is 112 Å². The number of carbonyl (C=O) groups excluding carboxylic acids is 1. The van der Waals surface area contributed by atoms with Gasteiger partial charge in [0.15, 0.2) is 0 Å². The minimum atomic E-state index is 0.133. The zero-order valence-electron chi connectivity index (χ0n) is 10.4. The van der Waals surface area contributed by atoms with Gasteiger partial charge in [-0.1, -0.05) is 48.6 Å². The van der Waals surface area contributed by atoms with Gasteiger partial charge in [0.25, 0.3) is 0 Å². The Kier molecular flexibility index (Phi) is 8.25. The molecule has 16 heavy (non-hydrogen) atoms.